The van der Waals surface area contributed by atoms with Crippen LogP contribution < -0.4 is 9.47 Å². The number of hydrogen-bond acceptors (Lipinski definition) is 5. The Morgan fingerprint density at radius 1 is 1.30 bits per heavy atom. The Balaban J connectivity index is 1.74. The molecule has 1 heterocycles. The van der Waals surface area contributed by atoms with Gasteiger partial charge in [-0.3, -0.25) is 14.9 Å². The molecule has 3 rings (SSSR count). The minimum Gasteiger partial charge on any atom is -0.493 e. The number of fused-ring (bicyclic) bond motifs is 1. The summed E-state index contributed by atoms with van der Waals surface area (Å²) >= 11 is 0. The highest BCUT2D eigenvalue weighted by molar-refractivity contribution is 5.97. The van der Waals surface area contributed by atoms with E-state index in [0.717, 1.165) is 35.9 Å². The fraction of sp³-hybridized carbons (Fsp3) is 0.188. The molecule has 118 valence electrons. The Kier molecular flexibility index (Phi) is 3.92. The smallest absolute Gasteiger partial charge is 0.311 e. The maximum Gasteiger partial charge on any atom is 0.311 e. The third-order valence-electron chi connectivity index (χ3n) is 3.49. The van der Waals surface area contributed by atoms with Gasteiger partial charge in [-0.1, -0.05) is 0 Å². The molecule has 0 fully saturated rings. The topological polar surface area (TPSA) is 78.7 Å². The lowest BCUT2D eigenvalue weighted by atomic mass is 10.1. The molecular formula is C16H12FNO5. The van der Waals surface area contributed by atoms with Crippen LogP contribution in [0.5, 0.6) is 11.5 Å². The third-order valence-corrected chi connectivity index (χ3v) is 3.49. The van der Waals surface area contributed by atoms with Crippen LogP contribution in [0.2, 0.25) is 0 Å². The Morgan fingerprint density at radius 2 is 2.13 bits per heavy atom. The van der Waals surface area contributed by atoms with Crippen LogP contribution in [0.25, 0.3) is 0 Å². The number of nitrogens with zero attached hydrogens (tertiary/aromatic N) is 1. The highest BCUT2D eigenvalue weighted by Gasteiger charge is 2.19. The number of carbonyl (C=O) groups excluding carboxylic acids is 1. The van der Waals surface area contributed by atoms with E-state index in [2.05, 4.69) is 0 Å². The molecule has 0 aromatic heterocycles. The van der Waals surface area contributed by atoms with Gasteiger partial charge in [0.25, 0.3) is 0 Å². The average Bonchev–Trinajstić information content (AvgIpc) is 2.99. The zero-order valence-electron chi connectivity index (χ0n) is 12.0. The van der Waals surface area contributed by atoms with Crippen molar-refractivity contribution in [3.8, 4) is 11.5 Å². The van der Waals surface area contributed by atoms with Gasteiger partial charge in [-0.05, 0) is 29.8 Å². The summed E-state index contributed by atoms with van der Waals surface area (Å²) in [5, 5.41) is 10.9. The van der Waals surface area contributed by atoms with E-state index in [1.807, 2.05) is 0 Å². The zero-order chi connectivity index (χ0) is 16.4. The highest BCUT2D eigenvalue weighted by atomic mass is 19.1. The van der Waals surface area contributed by atoms with Gasteiger partial charge in [0.15, 0.2) is 18.1 Å². The highest BCUT2D eigenvalue weighted by Crippen LogP contribution is 2.28. The van der Waals surface area contributed by atoms with Crippen LogP contribution in [0.3, 0.4) is 0 Å². The first-order valence-electron chi connectivity index (χ1n) is 6.90. The monoisotopic (exact) mass is 317 g/mol. The van der Waals surface area contributed by atoms with Crippen molar-refractivity contribution in [1.82, 2.24) is 0 Å². The summed E-state index contributed by atoms with van der Waals surface area (Å²) in [5.74, 6) is -0.540. The third kappa shape index (κ3) is 3.13. The second-order valence-corrected chi connectivity index (χ2v) is 5.00. The standard InChI is InChI=1S/C16H12FNO5/c17-12-2-3-13(18(20)21)16(8-12)23-9-14(19)10-1-4-15-11(7-10)5-6-22-15/h1-4,7-8H,5-6,9H2. The van der Waals surface area contributed by atoms with Gasteiger partial charge in [0.1, 0.15) is 11.6 Å². The van der Waals surface area contributed by atoms with Gasteiger partial charge in [-0.25, -0.2) is 4.39 Å². The van der Waals surface area contributed by atoms with Crippen molar-refractivity contribution in [2.45, 2.75) is 6.42 Å². The van der Waals surface area contributed by atoms with Gasteiger partial charge in [0, 0.05) is 24.1 Å². The minimum absolute atomic E-state index is 0.271. The fourth-order valence-corrected chi connectivity index (χ4v) is 2.34. The van der Waals surface area contributed by atoms with Crippen molar-refractivity contribution in [2.75, 3.05) is 13.2 Å². The van der Waals surface area contributed by atoms with Gasteiger partial charge in [0.2, 0.25) is 0 Å². The number of halogens is 1. The number of Topliss-reactive ketones (excluding diaryl/α,β-unsaturated/α-hetero) is 1. The van der Waals surface area contributed by atoms with E-state index < -0.39 is 17.3 Å². The lowest BCUT2D eigenvalue weighted by Gasteiger charge is -2.07. The molecule has 23 heavy (non-hydrogen) atoms. The van der Waals surface area contributed by atoms with Crippen molar-refractivity contribution in [2.24, 2.45) is 0 Å². The zero-order valence-corrected chi connectivity index (χ0v) is 12.0. The van der Waals surface area contributed by atoms with E-state index in [1.165, 1.54) is 0 Å². The normalized spacial score (nSPS) is 12.4. The predicted molar refractivity (Wildman–Crippen MR) is 78.5 cm³/mol. The predicted octanol–water partition coefficient (Wildman–Crippen LogP) is 2.93. The SMILES string of the molecule is O=C(COc1cc(F)ccc1[N+](=O)[O-])c1ccc2c(c1)CCO2. The summed E-state index contributed by atoms with van der Waals surface area (Å²) < 4.78 is 23.7. The molecular weight excluding hydrogens is 305 g/mol. The van der Waals surface area contributed by atoms with Gasteiger partial charge >= 0.3 is 5.69 Å². The van der Waals surface area contributed by atoms with E-state index in [0.29, 0.717) is 12.2 Å². The maximum atomic E-state index is 13.2. The first kappa shape index (κ1) is 15.0. The first-order chi connectivity index (χ1) is 11.0. The van der Waals surface area contributed by atoms with Gasteiger partial charge in [-0.15, -0.1) is 0 Å². The van der Waals surface area contributed by atoms with Crippen molar-refractivity contribution >= 4 is 11.5 Å². The summed E-state index contributed by atoms with van der Waals surface area (Å²) in [4.78, 5) is 22.3. The van der Waals surface area contributed by atoms with Crippen LogP contribution in [-0.4, -0.2) is 23.9 Å². The first-order valence-corrected chi connectivity index (χ1v) is 6.90. The molecule has 0 saturated heterocycles. The largest absolute Gasteiger partial charge is 0.493 e. The van der Waals surface area contributed by atoms with E-state index >= 15 is 0 Å². The molecule has 0 radical (unpaired) electrons. The van der Waals surface area contributed by atoms with E-state index in [1.54, 1.807) is 18.2 Å². The number of nitro benzene ring substituents is 1. The number of benzene rings is 2. The Hall–Kier alpha value is -2.96. The summed E-state index contributed by atoms with van der Waals surface area (Å²) in [6.45, 7) is 0.170. The van der Waals surface area contributed by atoms with E-state index in [-0.39, 0.29) is 17.2 Å². The molecule has 6 nitrogen and oxygen atoms in total. The van der Waals surface area contributed by atoms with Gasteiger partial charge in [-0.2, -0.15) is 0 Å². The molecule has 0 atom stereocenters. The molecule has 0 N–H and O–H groups in total. The molecule has 0 unspecified atom stereocenters. The van der Waals surface area contributed by atoms with Gasteiger partial charge < -0.3 is 9.47 Å². The van der Waals surface area contributed by atoms with Crippen LogP contribution in [0, 0.1) is 15.9 Å². The maximum absolute atomic E-state index is 13.2. The molecule has 0 aliphatic carbocycles. The number of ketones is 1. The van der Waals surface area contributed by atoms with Crippen LogP contribution in [0.4, 0.5) is 10.1 Å². The molecule has 0 saturated carbocycles. The van der Waals surface area contributed by atoms with E-state index in [4.69, 9.17) is 9.47 Å². The lowest BCUT2D eigenvalue weighted by molar-refractivity contribution is -0.385. The van der Waals surface area contributed by atoms with Crippen molar-refractivity contribution in [1.29, 1.82) is 0 Å². The fourth-order valence-electron chi connectivity index (χ4n) is 2.34. The van der Waals surface area contributed by atoms with Crippen LogP contribution >= 0.6 is 0 Å². The lowest BCUT2D eigenvalue weighted by Crippen LogP contribution is -2.12. The molecule has 0 amide bonds. The molecule has 0 bridgehead atoms. The Bertz CT molecular complexity index is 790. The van der Waals surface area contributed by atoms with Gasteiger partial charge in [0.05, 0.1) is 11.5 Å². The second kappa shape index (κ2) is 6.04. The molecule has 1 aliphatic heterocycles. The van der Waals surface area contributed by atoms with Crippen LogP contribution in [-0.2, 0) is 6.42 Å². The molecule has 0 spiro atoms. The number of carbonyl (C=O) groups is 1. The van der Waals surface area contributed by atoms with E-state index in [9.17, 15) is 19.3 Å². The second-order valence-electron chi connectivity index (χ2n) is 5.00. The Labute approximate surface area is 130 Å². The number of hydrogen-bond donors (Lipinski definition) is 0. The summed E-state index contributed by atoms with van der Waals surface area (Å²) in [6.07, 6.45) is 0.729. The molecule has 2 aromatic rings. The van der Waals surface area contributed by atoms with Crippen molar-refractivity contribution in [3.05, 3.63) is 63.5 Å². The summed E-state index contributed by atoms with van der Waals surface area (Å²) in [6, 6.07) is 7.89. The van der Waals surface area contributed by atoms with Crippen molar-refractivity contribution < 1.29 is 23.6 Å². The number of ether oxygens (including phenoxy) is 2. The summed E-state index contributed by atoms with van der Waals surface area (Å²) in [7, 11) is 0. The number of rotatable bonds is 5. The van der Waals surface area contributed by atoms with Crippen LogP contribution in [0.1, 0.15) is 15.9 Å². The van der Waals surface area contributed by atoms with Crippen molar-refractivity contribution in [3.63, 3.8) is 0 Å². The summed E-state index contributed by atoms with van der Waals surface area (Å²) in [5.41, 5.74) is 0.974. The quantitative estimate of drug-likeness (QED) is 0.481. The molecule has 7 heteroatoms. The molecule has 1 aliphatic rings. The minimum atomic E-state index is -0.689. The number of nitro groups is 1. The Morgan fingerprint density at radius 3 is 2.91 bits per heavy atom. The van der Waals surface area contributed by atoms with Crippen LogP contribution in [0.15, 0.2) is 36.4 Å². The molecule has 2 aromatic carbocycles. The average molecular weight is 317 g/mol.